The van der Waals surface area contributed by atoms with Crippen LogP contribution in [-0.2, 0) is 16.4 Å². The largest absolute Gasteiger partial charge is 0.379 e. The van der Waals surface area contributed by atoms with Crippen molar-refractivity contribution in [1.82, 2.24) is 4.98 Å². The lowest BCUT2D eigenvalue weighted by Crippen LogP contribution is -2.04. The molecule has 2 rings (SSSR count). The van der Waals surface area contributed by atoms with Crippen molar-refractivity contribution in [2.75, 3.05) is 11.1 Å². The predicted molar refractivity (Wildman–Crippen MR) is 72.3 cm³/mol. The van der Waals surface area contributed by atoms with E-state index in [9.17, 15) is 8.42 Å². The zero-order valence-corrected chi connectivity index (χ0v) is 11.0. The summed E-state index contributed by atoms with van der Waals surface area (Å²) in [5.74, 6) is 0.127. The number of benzene rings is 1. The molecule has 0 fully saturated rings. The lowest BCUT2D eigenvalue weighted by atomic mass is 10.3. The van der Waals surface area contributed by atoms with Crippen LogP contribution >= 0.6 is 0 Å². The second kappa shape index (κ2) is 5.27. The molecule has 96 valence electrons. The van der Waals surface area contributed by atoms with Crippen LogP contribution in [0.5, 0.6) is 0 Å². The van der Waals surface area contributed by atoms with Crippen molar-refractivity contribution in [2.45, 2.75) is 18.4 Å². The van der Waals surface area contributed by atoms with Gasteiger partial charge in [-0.1, -0.05) is 6.92 Å². The minimum absolute atomic E-state index is 0.127. The van der Waals surface area contributed by atoms with E-state index in [2.05, 4.69) is 10.3 Å². The second-order valence-electron chi connectivity index (χ2n) is 3.98. The molecule has 1 aromatic carbocycles. The molecule has 5 heteroatoms. The summed E-state index contributed by atoms with van der Waals surface area (Å²) >= 11 is 0. The molecule has 1 aromatic heterocycles. The van der Waals surface area contributed by atoms with Crippen LogP contribution in [0.3, 0.4) is 0 Å². The molecule has 0 spiro atoms. The van der Waals surface area contributed by atoms with Gasteiger partial charge in [0.15, 0.2) is 9.84 Å². The number of nitrogens with one attached hydrogen (secondary N) is 2. The summed E-state index contributed by atoms with van der Waals surface area (Å²) in [4.78, 5) is 3.46. The van der Waals surface area contributed by atoms with Crippen LogP contribution in [0.4, 0.5) is 5.69 Å². The highest BCUT2D eigenvalue weighted by Crippen LogP contribution is 2.15. The zero-order valence-electron chi connectivity index (χ0n) is 10.2. The van der Waals surface area contributed by atoms with Crippen LogP contribution in [0, 0.1) is 0 Å². The summed E-state index contributed by atoms with van der Waals surface area (Å²) in [6.45, 7) is 2.33. The highest BCUT2D eigenvalue weighted by Gasteiger charge is 2.10. The van der Waals surface area contributed by atoms with Crippen molar-refractivity contribution < 1.29 is 8.42 Å². The number of hydrogen-bond donors (Lipinski definition) is 2. The van der Waals surface area contributed by atoms with Crippen molar-refractivity contribution in [3.63, 3.8) is 0 Å². The van der Waals surface area contributed by atoms with Gasteiger partial charge in [0.25, 0.3) is 0 Å². The summed E-state index contributed by atoms with van der Waals surface area (Å²) in [6, 6.07) is 10.8. The minimum atomic E-state index is -3.11. The van der Waals surface area contributed by atoms with Gasteiger partial charge < -0.3 is 10.3 Å². The molecule has 0 aliphatic rings. The van der Waals surface area contributed by atoms with Crippen LogP contribution in [0.15, 0.2) is 47.5 Å². The van der Waals surface area contributed by atoms with Gasteiger partial charge in [0.2, 0.25) is 0 Å². The fourth-order valence-electron chi connectivity index (χ4n) is 1.62. The summed E-state index contributed by atoms with van der Waals surface area (Å²) in [6.07, 6.45) is 1.87. The monoisotopic (exact) mass is 264 g/mol. The van der Waals surface area contributed by atoms with E-state index in [1.807, 2.05) is 18.3 Å². The third kappa shape index (κ3) is 2.92. The third-order valence-corrected chi connectivity index (χ3v) is 4.49. The molecule has 0 saturated carbocycles. The van der Waals surface area contributed by atoms with Gasteiger partial charge >= 0.3 is 0 Å². The van der Waals surface area contributed by atoms with Gasteiger partial charge in [0.1, 0.15) is 0 Å². The molecule has 0 unspecified atom stereocenters. The fraction of sp³-hybridized carbons (Fsp3) is 0.231. The van der Waals surface area contributed by atoms with Gasteiger partial charge in [0, 0.05) is 17.6 Å². The van der Waals surface area contributed by atoms with E-state index in [4.69, 9.17) is 0 Å². The SMILES string of the molecule is CCS(=O)(=O)c1ccc(NCc2ccc[nH]2)cc1. The van der Waals surface area contributed by atoms with E-state index in [0.717, 1.165) is 11.4 Å². The lowest BCUT2D eigenvalue weighted by molar-refractivity contribution is 0.597. The topological polar surface area (TPSA) is 62.0 Å². The van der Waals surface area contributed by atoms with Crippen molar-refractivity contribution in [3.05, 3.63) is 48.3 Å². The maximum atomic E-state index is 11.6. The van der Waals surface area contributed by atoms with Crippen LogP contribution in [0.1, 0.15) is 12.6 Å². The van der Waals surface area contributed by atoms with Crippen molar-refractivity contribution in [2.24, 2.45) is 0 Å². The second-order valence-corrected chi connectivity index (χ2v) is 6.25. The predicted octanol–water partition coefficient (Wildman–Crippen LogP) is 2.42. The van der Waals surface area contributed by atoms with E-state index in [1.54, 1.807) is 31.2 Å². The normalized spacial score (nSPS) is 11.4. The van der Waals surface area contributed by atoms with Gasteiger partial charge in [0.05, 0.1) is 17.2 Å². The van der Waals surface area contributed by atoms with Gasteiger partial charge in [-0.2, -0.15) is 0 Å². The number of aromatic nitrogens is 1. The number of hydrogen-bond acceptors (Lipinski definition) is 3. The zero-order chi connectivity index (χ0) is 13.0. The standard InChI is InChI=1S/C13H16N2O2S/c1-2-18(16,17)13-7-5-11(6-8-13)15-10-12-4-3-9-14-12/h3-9,14-15H,2,10H2,1H3. The summed E-state index contributed by atoms with van der Waals surface area (Å²) < 4.78 is 23.3. The minimum Gasteiger partial charge on any atom is -0.379 e. The van der Waals surface area contributed by atoms with Crippen LogP contribution < -0.4 is 5.32 Å². The number of aromatic amines is 1. The quantitative estimate of drug-likeness (QED) is 0.871. The first-order chi connectivity index (χ1) is 8.62. The maximum Gasteiger partial charge on any atom is 0.178 e. The molecule has 0 aliphatic carbocycles. The van der Waals surface area contributed by atoms with E-state index in [-0.39, 0.29) is 5.75 Å². The highest BCUT2D eigenvalue weighted by molar-refractivity contribution is 7.91. The fourth-order valence-corrected chi connectivity index (χ4v) is 2.51. The lowest BCUT2D eigenvalue weighted by Gasteiger charge is -2.06. The summed E-state index contributed by atoms with van der Waals surface area (Å²) in [5.41, 5.74) is 1.99. The first-order valence-corrected chi connectivity index (χ1v) is 7.46. The Morgan fingerprint density at radius 3 is 2.44 bits per heavy atom. The Hall–Kier alpha value is -1.75. The highest BCUT2D eigenvalue weighted by atomic mass is 32.2. The number of rotatable bonds is 5. The first kappa shape index (κ1) is 12.7. The molecule has 18 heavy (non-hydrogen) atoms. The smallest absolute Gasteiger partial charge is 0.178 e. The Morgan fingerprint density at radius 2 is 1.89 bits per heavy atom. The molecule has 1 heterocycles. The maximum absolute atomic E-state index is 11.6. The summed E-state index contributed by atoms with van der Waals surface area (Å²) in [5, 5.41) is 3.22. The van der Waals surface area contributed by atoms with E-state index in [1.165, 1.54) is 0 Å². The molecular formula is C13H16N2O2S. The van der Waals surface area contributed by atoms with E-state index in [0.29, 0.717) is 11.4 Å². The number of H-pyrrole nitrogens is 1. The molecular weight excluding hydrogens is 248 g/mol. The molecule has 0 saturated heterocycles. The van der Waals surface area contributed by atoms with Crippen LogP contribution in [-0.4, -0.2) is 19.2 Å². The molecule has 0 radical (unpaired) electrons. The van der Waals surface area contributed by atoms with Crippen molar-refractivity contribution >= 4 is 15.5 Å². The van der Waals surface area contributed by atoms with Crippen LogP contribution in [0.25, 0.3) is 0 Å². The van der Waals surface area contributed by atoms with E-state index < -0.39 is 9.84 Å². The molecule has 0 atom stereocenters. The number of sulfone groups is 1. The van der Waals surface area contributed by atoms with Gasteiger partial charge in [-0.3, -0.25) is 0 Å². The molecule has 2 aromatic rings. The average Bonchev–Trinajstić information content (AvgIpc) is 2.90. The molecule has 0 amide bonds. The Morgan fingerprint density at radius 1 is 1.17 bits per heavy atom. The first-order valence-electron chi connectivity index (χ1n) is 5.81. The molecule has 0 bridgehead atoms. The number of anilines is 1. The van der Waals surface area contributed by atoms with Gasteiger partial charge in [-0.05, 0) is 36.4 Å². The summed E-state index contributed by atoms with van der Waals surface area (Å²) in [7, 11) is -3.11. The average molecular weight is 264 g/mol. The van der Waals surface area contributed by atoms with Crippen LogP contribution in [0.2, 0.25) is 0 Å². The Labute approximate surface area is 107 Å². The Balaban J connectivity index is 2.04. The van der Waals surface area contributed by atoms with Crippen molar-refractivity contribution in [3.8, 4) is 0 Å². The Kier molecular flexibility index (Phi) is 3.72. The Bertz CT molecular complexity index is 586. The third-order valence-electron chi connectivity index (χ3n) is 2.74. The van der Waals surface area contributed by atoms with Crippen molar-refractivity contribution in [1.29, 1.82) is 0 Å². The molecule has 0 aliphatic heterocycles. The molecule has 2 N–H and O–H groups in total. The van der Waals surface area contributed by atoms with E-state index >= 15 is 0 Å². The van der Waals surface area contributed by atoms with Gasteiger partial charge in [-0.25, -0.2) is 8.42 Å². The van der Waals surface area contributed by atoms with Gasteiger partial charge in [-0.15, -0.1) is 0 Å². The molecule has 4 nitrogen and oxygen atoms in total.